The fraction of sp³-hybridized carbons (Fsp3) is 0.250. The van der Waals surface area contributed by atoms with E-state index in [1.807, 2.05) is 18.2 Å². The van der Waals surface area contributed by atoms with Gasteiger partial charge in [0, 0.05) is 17.6 Å². The molecule has 2 aromatic rings. The van der Waals surface area contributed by atoms with Crippen LogP contribution in [-0.4, -0.2) is 6.04 Å². The van der Waals surface area contributed by atoms with Gasteiger partial charge in [-0.25, -0.2) is 4.39 Å². The molecule has 0 unspecified atom stereocenters. The summed E-state index contributed by atoms with van der Waals surface area (Å²) in [5, 5.41) is 4.20. The fourth-order valence-electron chi connectivity index (χ4n) is 2.14. The van der Waals surface area contributed by atoms with Crippen LogP contribution in [0.3, 0.4) is 0 Å². The highest BCUT2D eigenvalue weighted by Crippen LogP contribution is 2.28. The van der Waals surface area contributed by atoms with E-state index in [0.717, 1.165) is 17.7 Å². The van der Waals surface area contributed by atoms with E-state index in [1.165, 1.54) is 30.5 Å². The maximum atomic E-state index is 13.0. The molecule has 1 nitrogen and oxygen atoms in total. The second-order valence-corrected chi connectivity index (χ2v) is 5.40. The summed E-state index contributed by atoms with van der Waals surface area (Å²) in [5.74, 6) is -0.219. The van der Waals surface area contributed by atoms with E-state index in [-0.39, 0.29) is 5.82 Å². The molecule has 0 heterocycles. The van der Waals surface area contributed by atoms with Crippen LogP contribution < -0.4 is 5.32 Å². The summed E-state index contributed by atoms with van der Waals surface area (Å²) < 4.78 is 13.0. The normalized spacial score (nSPS) is 14.6. The summed E-state index contributed by atoms with van der Waals surface area (Å²) in [7, 11) is 0. The van der Waals surface area contributed by atoms with Crippen molar-refractivity contribution < 1.29 is 4.39 Å². The molecular weight excluding hydrogens is 261 g/mol. The van der Waals surface area contributed by atoms with E-state index in [2.05, 4.69) is 5.32 Å². The predicted molar refractivity (Wildman–Crippen MR) is 76.7 cm³/mol. The topological polar surface area (TPSA) is 12.0 Å². The lowest BCUT2D eigenvalue weighted by atomic mass is 9.99. The van der Waals surface area contributed by atoms with Crippen LogP contribution in [0.1, 0.15) is 18.4 Å². The Hall–Kier alpha value is -1.38. The molecule has 0 radical (unpaired) electrons. The Labute approximate surface area is 117 Å². The highest BCUT2D eigenvalue weighted by Gasteiger charge is 2.20. The average molecular weight is 276 g/mol. The number of rotatable bonds is 4. The Bertz CT molecular complexity index is 576. The van der Waals surface area contributed by atoms with Crippen LogP contribution in [0.5, 0.6) is 0 Å². The molecule has 0 atom stereocenters. The van der Waals surface area contributed by atoms with Gasteiger partial charge in [-0.1, -0.05) is 29.8 Å². The van der Waals surface area contributed by atoms with Gasteiger partial charge in [-0.3, -0.25) is 0 Å². The lowest BCUT2D eigenvalue weighted by molar-refractivity contribution is 0.628. The van der Waals surface area contributed by atoms with Crippen LogP contribution in [0.15, 0.2) is 42.5 Å². The first kappa shape index (κ1) is 12.6. The first-order chi connectivity index (χ1) is 9.22. The van der Waals surface area contributed by atoms with Gasteiger partial charge < -0.3 is 5.32 Å². The first-order valence-corrected chi connectivity index (χ1v) is 6.88. The van der Waals surface area contributed by atoms with Crippen LogP contribution in [0, 0.1) is 5.82 Å². The molecule has 3 rings (SSSR count). The van der Waals surface area contributed by atoms with E-state index in [0.29, 0.717) is 11.1 Å². The molecule has 3 heteroatoms. The minimum atomic E-state index is -0.219. The standard InChI is InChI=1S/C16H15ClFN/c17-13-4-1-12(10-19-15-7-8-15)16(9-13)11-2-5-14(18)6-3-11/h1-6,9,15,19H,7-8,10H2. The highest BCUT2D eigenvalue weighted by molar-refractivity contribution is 6.30. The lowest BCUT2D eigenvalue weighted by Crippen LogP contribution is -2.15. The van der Waals surface area contributed by atoms with Crippen molar-refractivity contribution >= 4 is 11.6 Å². The molecule has 2 aromatic carbocycles. The first-order valence-electron chi connectivity index (χ1n) is 6.50. The van der Waals surface area contributed by atoms with Crippen molar-refractivity contribution in [2.45, 2.75) is 25.4 Å². The summed E-state index contributed by atoms with van der Waals surface area (Å²) in [6.07, 6.45) is 2.53. The van der Waals surface area contributed by atoms with Gasteiger partial charge >= 0.3 is 0 Å². The van der Waals surface area contributed by atoms with Gasteiger partial charge in [0.15, 0.2) is 0 Å². The van der Waals surface area contributed by atoms with Crippen LogP contribution >= 0.6 is 11.6 Å². The van der Waals surface area contributed by atoms with Crippen LogP contribution in [0.2, 0.25) is 5.02 Å². The summed E-state index contributed by atoms with van der Waals surface area (Å²) in [4.78, 5) is 0. The third-order valence-electron chi connectivity index (χ3n) is 3.39. The highest BCUT2D eigenvalue weighted by atomic mass is 35.5. The Morgan fingerprint density at radius 2 is 1.84 bits per heavy atom. The van der Waals surface area contributed by atoms with Crippen molar-refractivity contribution in [3.05, 3.63) is 58.9 Å². The fourth-order valence-corrected chi connectivity index (χ4v) is 2.31. The number of hydrogen-bond acceptors (Lipinski definition) is 1. The molecule has 1 N–H and O–H groups in total. The zero-order valence-electron chi connectivity index (χ0n) is 10.5. The number of hydrogen-bond donors (Lipinski definition) is 1. The molecule has 1 fully saturated rings. The number of benzene rings is 2. The summed E-state index contributed by atoms with van der Waals surface area (Å²) >= 11 is 6.08. The minimum absolute atomic E-state index is 0.219. The largest absolute Gasteiger partial charge is 0.310 e. The van der Waals surface area contributed by atoms with Crippen molar-refractivity contribution in [3.8, 4) is 11.1 Å². The maximum absolute atomic E-state index is 13.0. The Balaban J connectivity index is 1.92. The van der Waals surface area contributed by atoms with E-state index in [4.69, 9.17) is 11.6 Å². The zero-order valence-corrected chi connectivity index (χ0v) is 11.3. The van der Waals surface area contributed by atoms with Crippen molar-refractivity contribution in [3.63, 3.8) is 0 Å². The van der Waals surface area contributed by atoms with Crippen LogP contribution in [-0.2, 0) is 6.54 Å². The summed E-state index contributed by atoms with van der Waals surface area (Å²) in [5.41, 5.74) is 3.26. The predicted octanol–water partition coefficient (Wildman–Crippen LogP) is 4.40. The average Bonchev–Trinajstić information content (AvgIpc) is 3.22. The molecule has 1 saturated carbocycles. The molecule has 98 valence electrons. The molecule has 1 aliphatic carbocycles. The van der Waals surface area contributed by atoms with Gasteiger partial charge in [-0.15, -0.1) is 0 Å². The Morgan fingerprint density at radius 1 is 1.11 bits per heavy atom. The van der Waals surface area contributed by atoms with E-state index >= 15 is 0 Å². The van der Waals surface area contributed by atoms with Gasteiger partial charge in [-0.05, 0) is 53.8 Å². The van der Waals surface area contributed by atoms with Crippen molar-refractivity contribution in [1.29, 1.82) is 0 Å². The van der Waals surface area contributed by atoms with Gasteiger partial charge in [0.2, 0.25) is 0 Å². The monoisotopic (exact) mass is 275 g/mol. The Morgan fingerprint density at radius 3 is 2.53 bits per heavy atom. The van der Waals surface area contributed by atoms with Crippen LogP contribution in [0.25, 0.3) is 11.1 Å². The summed E-state index contributed by atoms with van der Waals surface area (Å²) in [6.45, 7) is 0.828. The Kier molecular flexibility index (Phi) is 3.54. The molecular formula is C16H15ClFN. The number of halogens is 2. The molecule has 0 amide bonds. The SMILES string of the molecule is Fc1ccc(-c2cc(Cl)ccc2CNC2CC2)cc1. The molecule has 1 aliphatic rings. The molecule has 0 aliphatic heterocycles. The molecule has 0 spiro atoms. The van der Waals surface area contributed by atoms with E-state index in [1.54, 1.807) is 12.1 Å². The van der Waals surface area contributed by atoms with Crippen molar-refractivity contribution in [2.75, 3.05) is 0 Å². The minimum Gasteiger partial charge on any atom is -0.310 e. The number of nitrogens with one attached hydrogen (secondary N) is 1. The molecule has 0 saturated heterocycles. The smallest absolute Gasteiger partial charge is 0.123 e. The summed E-state index contributed by atoms with van der Waals surface area (Å²) in [6, 6.07) is 13.1. The maximum Gasteiger partial charge on any atom is 0.123 e. The van der Waals surface area contributed by atoms with Crippen molar-refractivity contribution in [1.82, 2.24) is 5.32 Å². The van der Waals surface area contributed by atoms with Crippen LogP contribution in [0.4, 0.5) is 4.39 Å². The van der Waals surface area contributed by atoms with Crippen molar-refractivity contribution in [2.24, 2.45) is 0 Å². The third-order valence-corrected chi connectivity index (χ3v) is 3.62. The lowest BCUT2D eigenvalue weighted by Gasteiger charge is -2.11. The van der Waals surface area contributed by atoms with Gasteiger partial charge in [-0.2, -0.15) is 0 Å². The molecule has 0 aromatic heterocycles. The molecule has 0 bridgehead atoms. The zero-order chi connectivity index (χ0) is 13.2. The second kappa shape index (κ2) is 5.32. The molecule has 19 heavy (non-hydrogen) atoms. The third kappa shape index (κ3) is 3.14. The quantitative estimate of drug-likeness (QED) is 0.872. The van der Waals surface area contributed by atoms with Gasteiger partial charge in [0.25, 0.3) is 0 Å². The second-order valence-electron chi connectivity index (χ2n) is 4.96. The van der Waals surface area contributed by atoms with Gasteiger partial charge in [0.1, 0.15) is 5.82 Å². The van der Waals surface area contributed by atoms with Gasteiger partial charge in [0.05, 0.1) is 0 Å². The van der Waals surface area contributed by atoms with E-state index in [9.17, 15) is 4.39 Å². The van der Waals surface area contributed by atoms with E-state index < -0.39 is 0 Å².